The predicted octanol–water partition coefficient (Wildman–Crippen LogP) is 4.71. The quantitative estimate of drug-likeness (QED) is 0.715. The summed E-state index contributed by atoms with van der Waals surface area (Å²) < 4.78 is 2.09. The van der Waals surface area contributed by atoms with Crippen LogP contribution in [0.2, 0.25) is 5.02 Å². The van der Waals surface area contributed by atoms with Gasteiger partial charge in [0.25, 0.3) is 11.1 Å². The molecule has 0 spiro atoms. The molecular formula is C20H20ClN3O3S. The third-order valence-electron chi connectivity index (χ3n) is 4.23. The lowest BCUT2D eigenvalue weighted by atomic mass is 10.2. The van der Waals surface area contributed by atoms with Crippen LogP contribution in [0.5, 0.6) is 0 Å². The summed E-state index contributed by atoms with van der Waals surface area (Å²) in [4.78, 5) is 38.3. The van der Waals surface area contributed by atoms with Crippen LogP contribution >= 0.6 is 23.4 Å². The molecule has 1 aliphatic rings. The number of nitrogens with one attached hydrogen (secondary N) is 1. The molecule has 1 N–H and O–H groups in total. The number of benzene rings is 1. The van der Waals surface area contributed by atoms with Crippen LogP contribution in [0.3, 0.4) is 0 Å². The molecule has 6 nitrogen and oxygen atoms in total. The Hall–Kier alpha value is -2.51. The Morgan fingerprint density at radius 3 is 2.54 bits per heavy atom. The fourth-order valence-corrected chi connectivity index (χ4v) is 3.88. The normalized spacial score (nSPS) is 15.8. The van der Waals surface area contributed by atoms with Crippen LogP contribution in [0.15, 0.2) is 41.4 Å². The van der Waals surface area contributed by atoms with E-state index in [1.165, 1.54) is 0 Å². The van der Waals surface area contributed by atoms with E-state index < -0.39 is 17.1 Å². The van der Waals surface area contributed by atoms with E-state index in [1.807, 2.05) is 19.2 Å². The molecule has 0 aliphatic carbocycles. The summed E-state index contributed by atoms with van der Waals surface area (Å²) in [5.74, 6) is -0.913. The van der Waals surface area contributed by atoms with Crippen molar-refractivity contribution in [3.05, 3.63) is 57.7 Å². The minimum absolute atomic E-state index is 0.300. The number of carbonyl (C=O) groups excluding carboxylic acids is 3. The molecule has 0 unspecified atom stereocenters. The number of imide groups is 1. The van der Waals surface area contributed by atoms with Gasteiger partial charge in [-0.2, -0.15) is 0 Å². The molecule has 3 rings (SSSR count). The Morgan fingerprint density at radius 2 is 1.93 bits per heavy atom. The molecule has 2 aromatic rings. The van der Waals surface area contributed by atoms with Crippen molar-refractivity contribution in [3.8, 4) is 0 Å². The van der Waals surface area contributed by atoms with Gasteiger partial charge in [-0.25, -0.2) is 0 Å². The molecular weight excluding hydrogens is 398 g/mol. The number of amides is 3. The van der Waals surface area contributed by atoms with Gasteiger partial charge in [-0.3, -0.25) is 19.3 Å². The largest absolute Gasteiger partial charge is 0.349 e. The zero-order valence-corrected chi connectivity index (χ0v) is 17.3. The second-order valence-corrected chi connectivity index (χ2v) is 8.17. The fourth-order valence-electron chi connectivity index (χ4n) is 2.92. The molecule has 28 heavy (non-hydrogen) atoms. The Morgan fingerprint density at radius 1 is 1.25 bits per heavy atom. The maximum atomic E-state index is 12.6. The van der Waals surface area contributed by atoms with Gasteiger partial charge in [0.05, 0.1) is 4.91 Å². The smallest absolute Gasteiger partial charge is 0.294 e. The molecule has 1 aromatic carbocycles. The lowest BCUT2D eigenvalue weighted by Crippen LogP contribution is -2.36. The number of hydrogen-bond acceptors (Lipinski definition) is 4. The first-order chi connectivity index (χ1) is 13.2. The molecule has 0 atom stereocenters. The van der Waals surface area contributed by atoms with Crippen molar-refractivity contribution < 1.29 is 14.4 Å². The first kappa shape index (κ1) is 20.2. The monoisotopic (exact) mass is 417 g/mol. The number of carbonyl (C=O) groups is 3. The summed E-state index contributed by atoms with van der Waals surface area (Å²) in [5, 5.41) is 2.74. The lowest BCUT2D eigenvalue weighted by molar-refractivity contribution is -0.127. The number of nitrogens with zero attached hydrogens (tertiary/aromatic N) is 2. The predicted molar refractivity (Wildman–Crippen MR) is 112 cm³/mol. The maximum absolute atomic E-state index is 12.6. The van der Waals surface area contributed by atoms with E-state index in [4.69, 9.17) is 11.6 Å². The minimum Gasteiger partial charge on any atom is -0.349 e. The Labute approximate surface area is 172 Å². The van der Waals surface area contributed by atoms with E-state index in [-0.39, 0.29) is 6.54 Å². The number of halogens is 1. The van der Waals surface area contributed by atoms with Crippen LogP contribution < -0.4 is 5.32 Å². The summed E-state index contributed by atoms with van der Waals surface area (Å²) >= 11 is 6.66. The summed E-state index contributed by atoms with van der Waals surface area (Å²) in [5.41, 5.74) is 2.47. The van der Waals surface area contributed by atoms with Crippen molar-refractivity contribution >= 4 is 52.2 Å². The van der Waals surface area contributed by atoms with Crippen molar-refractivity contribution in [2.24, 2.45) is 0 Å². The summed E-state index contributed by atoms with van der Waals surface area (Å²) in [6, 6.07) is 8.84. The Bertz CT molecular complexity index is 964. The van der Waals surface area contributed by atoms with Gasteiger partial charge in [0.2, 0.25) is 5.91 Å². The number of hydrogen-bond donors (Lipinski definition) is 1. The number of aromatic nitrogens is 1. The second kappa shape index (κ2) is 8.24. The van der Waals surface area contributed by atoms with Crippen LogP contribution in [0.4, 0.5) is 10.5 Å². The van der Waals surface area contributed by atoms with Gasteiger partial charge >= 0.3 is 0 Å². The van der Waals surface area contributed by atoms with Gasteiger partial charge in [0, 0.05) is 28.6 Å². The van der Waals surface area contributed by atoms with Crippen molar-refractivity contribution in [2.75, 3.05) is 11.9 Å². The molecule has 146 valence electrons. The van der Waals surface area contributed by atoms with E-state index in [2.05, 4.69) is 23.7 Å². The molecule has 0 saturated carbocycles. The Kier molecular flexibility index (Phi) is 5.96. The molecule has 8 heteroatoms. The van der Waals surface area contributed by atoms with Gasteiger partial charge in [0.15, 0.2) is 0 Å². The molecule has 2 heterocycles. The Balaban J connectivity index is 1.70. The summed E-state index contributed by atoms with van der Waals surface area (Å²) in [7, 11) is 0. The van der Waals surface area contributed by atoms with E-state index in [0.717, 1.165) is 27.9 Å². The molecule has 1 aliphatic heterocycles. The minimum atomic E-state index is -0.462. The number of aryl methyl sites for hydroxylation is 1. The highest BCUT2D eigenvalue weighted by Gasteiger charge is 2.36. The zero-order valence-electron chi connectivity index (χ0n) is 15.7. The number of thioether (sulfide) groups is 1. The fraction of sp³-hybridized carbons (Fsp3) is 0.250. The third kappa shape index (κ3) is 4.48. The van der Waals surface area contributed by atoms with Crippen LogP contribution in [0.1, 0.15) is 31.1 Å². The van der Waals surface area contributed by atoms with Gasteiger partial charge in [-0.15, -0.1) is 0 Å². The van der Waals surface area contributed by atoms with Crippen LogP contribution in [-0.4, -0.2) is 33.1 Å². The second-order valence-electron chi connectivity index (χ2n) is 6.74. The average Bonchev–Trinajstić information content (AvgIpc) is 3.12. The van der Waals surface area contributed by atoms with Gasteiger partial charge < -0.3 is 9.88 Å². The first-order valence-electron chi connectivity index (χ1n) is 8.74. The van der Waals surface area contributed by atoms with Gasteiger partial charge in [-0.1, -0.05) is 11.6 Å². The summed E-state index contributed by atoms with van der Waals surface area (Å²) in [6.07, 6.45) is 3.63. The van der Waals surface area contributed by atoms with E-state index in [9.17, 15) is 14.4 Å². The van der Waals surface area contributed by atoms with Gasteiger partial charge in [0.1, 0.15) is 6.54 Å². The molecule has 0 bridgehead atoms. The zero-order chi connectivity index (χ0) is 20.4. The SMILES string of the molecule is Cc1cc(/C=C2/SC(=O)N(CC(=O)Nc3ccc(Cl)cc3)C2=O)cn1C(C)C. The molecule has 1 fully saturated rings. The first-order valence-corrected chi connectivity index (χ1v) is 9.93. The lowest BCUT2D eigenvalue weighted by Gasteiger charge is -2.12. The van der Waals surface area contributed by atoms with Crippen molar-refractivity contribution in [1.82, 2.24) is 9.47 Å². The molecule has 1 aromatic heterocycles. The van der Waals surface area contributed by atoms with Crippen LogP contribution in [0, 0.1) is 6.92 Å². The molecule has 3 amide bonds. The van der Waals surface area contributed by atoms with Crippen molar-refractivity contribution in [3.63, 3.8) is 0 Å². The standard InChI is InChI=1S/C20H20ClN3O3S/c1-12(2)23-10-14(8-13(23)3)9-17-19(26)24(20(27)28-17)11-18(25)22-16-6-4-15(21)5-7-16/h4-10,12H,11H2,1-3H3,(H,22,25)/b17-9+. The average molecular weight is 418 g/mol. The van der Waals surface area contributed by atoms with Gasteiger partial charge in [-0.05, 0) is 74.5 Å². The van der Waals surface area contributed by atoms with E-state index >= 15 is 0 Å². The highest BCUT2D eigenvalue weighted by Crippen LogP contribution is 2.32. The molecule has 0 radical (unpaired) electrons. The third-order valence-corrected chi connectivity index (χ3v) is 5.39. The highest BCUT2D eigenvalue weighted by molar-refractivity contribution is 8.18. The van der Waals surface area contributed by atoms with E-state index in [0.29, 0.717) is 21.7 Å². The molecule has 1 saturated heterocycles. The van der Waals surface area contributed by atoms with Crippen molar-refractivity contribution in [2.45, 2.75) is 26.8 Å². The van der Waals surface area contributed by atoms with Crippen LogP contribution in [0.25, 0.3) is 6.08 Å². The maximum Gasteiger partial charge on any atom is 0.294 e. The summed E-state index contributed by atoms with van der Waals surface area (Å²) in [6.45, 7) is 5.80. The number of rotatable bonds is 5. The van der Waals surface area contributed by atoms with E-state index in [1.54, 1.807) is 30.3 Å². The number of anilines is 1. The highest BCUT2D eigenvalue weighted by atomic mass is 35.5. The van der Waals surface area contributed by atoms with Crippen LogP contribution in [-0.2, 0) is 9.59 Å². The topological polar surface area (TPSA) is 71.4 Å². The van der Waals surface area contributed by atoms with Crippen molar-refractivity contribution in [1.29, 1.82) is 0 Å².